The summed E-state index contributed by atoms with van der Waals surface area (Å²) in [7, 11) is 0. The van der Waals surface area contributed by atoms with Crippen molar-refractivity contribution in [2.45, 2.75) is 25.2 Å². The summed E-state index contributed by atoms with van der Waals surface area (Å²) in [6.45, 7) is 5.23. The lowest BCUT2D eigenvalue weighted by Gasteiger charge is -2.30. The Kier molecular flexibility index (Phi) is 4.74. The van der Waals surface area contributed by atoms with Gasteiger partial charge in [-0.25, -0.2) is 0 Å². The highest BCUT2D eigenvalue weighted by Crippen LogP contribution is 2.31. The largest absolute Gasteiger partial charge is 0.480 e. The van der Waals surface area contributed by atoms with Crippen molar-refractivity contribution in [3.8, 4) is 0 Å². The zero-order chi connectivity index (χ0) is 13.7. The molecule has 0 amide bonds. The minimum Gasteiger partial charge on any atom is -0.480 e. The minimum atomic E-state index is -0.772. The quantitative estimate of drug-likeness (QED) is 0.798. The van der Waals surface area contributed by atoms with Gasteiger partial charge in [-0.15, -0.1) is 6.58 Å². The number of carboxylic acid groups (broad SMARTS) is 1. The molecule has 3 nitrogen and oxygen atoms in total. The van der Waals surface area contributed by atoms with E-state index in [4.69, 9.17) is 5.11 Å². The van der Waals surface area contributed by atoms with E-state index >= 15 is 0 Å². The number of aliphatic carboxylic acids is 1. The van der Waals surface area contributed by atoms with Crippen LogP contribution < -0.4 is 0 Å². The number of carbonyl (C=O) groups is 1. The van der Waals surface area contributed by atoms with Crippen molar-refractivity contribution < 1.29 is 9.90 Å². The van der Waals surface area contributed by atoms with Crippen LogP contribution in [-0.2, 0) is 11.2 Å². The lowest BCUT2D eigenvalue weighted by Crippen LogP contribution is -2.34. The summed E-state index contributed by atoms with van der Waals surface area (Å²) in [6.07, 6.45) is 5.26. The summed E-state index contributed by atoms with van der Waals surface area (Å²) in [5.74, 6) is -0.324. The van der Waals surface area contributed by atoms with E-state index in [2.05, 4.69) is 30.8 Å². The number of benzene rings is 1. The fraction of sp³-hybridized carbons (Fsp3) is 0.438. The van der Waals surface area contributed by atoms with Gasteiger partial charge in [0.15, 0.2) is 0 Å². The molecule has 1 aromatic carbocycles. The summed E-state index contributed by atoms with van der Waals surface area (Å²) in [4.78, 5) is 12.9. The first kappa shape index (κ1) is 13.8. The molecule has 19 heavy (non-hydrogen) atoms. The van der Waals surface area contributed by atoms with Crippen LogP contribution in [0.3, 0.4) is 0 Å². The molecular weight excluding hydrogens is 238 g/mol. The fourth-order valence-electron chi connectivity index (χ4n) is 2.93. The molecule has 0 saturated heterocycles. The van der Waals surface area contributed by atoms with Crippen molar-refractivity contribution >= 4 is 5.97 Å². The van der Waals surface area contributed by atoms with Crippen molar-refractivity contribution in [2.24, 2.45) is 0 Å². The Morgan fingerprint density at radius 1 is 1.47 bits per heavy atom. The summed E-state index contributed by atoms with van der Waals surface area (Å²) in [5, 5.41) is 8.96. The molecule has 0 heterocycles. The predicted octanol–water partition coefficient (Wildman–Crippen LogP) is 2.68. The highest BCUT2D eigenvalue weighted by molar-refractivity contribution is 5.69. The van der Waals surface area contributed by atoms with E-state index in [1.807, 2.05) is 4.90 Å². The second-order valence-electron chi connectivity index (χ2n) is 5.16. The van der Waals surface area contributed by atoms with Gasteiger partial charge >= 0.3 is 5.97 Å². The molecule has 1 N–H and O–H groups in total. The molecule has 1 atom stereocenters. The van der Waals surface area contributed by atoms with Gasteiger partial charge in [0.25, 0.3) is 0 Å². The number of rotatable bonds is 6. The average Bonchev–Trinajstić information content (AvgIpc) is 2.39. The molecule has 0 fully saturated rings. The number of nitrogens with zero attached hydrogens (tertiary/aromatic N) is 1. The van der Waals surface area contributed by atoms with Crippen LogP contribution in [-0.4, -0.2) is 35.6 Å². The van der Waals surface area contributed by atoms with Crippen LogP contribution in [0.5, 0.6) is 0 Å². The van der Waals surface area contributed by atoms with Crippen LogP contribution in [0.2, 0.25) is 0 Å². The number of hydrogen-bond donors (Lipinski definition) is 1. The minimum absolute atomic E-state index is 0.0880. The first-order chi connectivity index (χ1) is 9.20. The summed E-state index contributed by atoms with van der Waals surface area (Å²) in [5.41, 5.74) is 2.82. The second kappa shape index (κ2) is 6.53. The summed E-state index contributed by atoms with van der Waals surface area (Å²) in [6, 6.07) is 8.54. The van der Waals surface area contributed by atoms with Crippen molar-refractivity contribution in [2.75, 3.05) is 19.6 Å². The number of carboxylic acids is 1. The van der Waals surface area contributed by atoms with Gasteiger partial charge < -0.3 is 5.11 Å². The third-order valence-corrected chi connectivity index (χ3v) is 3.72. The third kappa shape index (κ3) is 3.67. The van der Waals surface area contributed by atoms with Gasteiger partial charge in [0.05, 0.1) is 6.54 Å². The van der Waals surface area contributed by atoms with Gasteiger partial charge in [-0.1, -0.05) is 30.3 Å². The van der Waals surface area contributed by atoms with E-state index in [9.17, 15) is 4.79 Å². The molecule has 2 rings (SSSR count). The number of aryl methyl sites for hydroxylation is 1. The molecule has 1 aromatic rings. The lowest BCUT2D eigenvalue weighted by atomic mass is 9.82. The molecular formula is C16H21NO2. The second-order valence-corrected chi connectivity index (χ2v) is 5.16. The average molecular weight is 259 g/mol. The predicted molar refractivity (Wildman–Crippen MR) is 76.4 cm³/mol. The van der Waals surface area contributed by atoms with E-state index in [1.54, 1.807) is 6.08 Å². The van der Waals surface area contributed by atoms with Crippen LogP contribution in [0.4, 0.5) is 0 Å². The van der Waals surface area contributed by atoms with E-state index in [0.717, 1.165) is 19.4 Å². The van der Waals surface area contributed by atoms with Crippen molar-refractivity contribution in [1.29, 1.82) is 0 Å². The molecule has 0 spiro atoms. The van der Waals surface area contributed by atoms with Crippen LogP contribution >= 0.6 is 0 Å². The highest BCUT2D eigenvalue weighted by atomic mass is 16.4. The molecule has 0 aromatic heterocycles. The Balaban J connectivity index is 2.09. The van der Waals surface area contributed by atoms with Crippen LogP contribution in [0, 0.1) is 0 Å². The smallest absolute Gasteiger partial charge is 0.317 e. The number of hydrogen-bond acceptors (Lipinski definition) is 2. The fourth-order valence-corrected chi connectivity index (χ4v) is 2.93. The van der Waals surface area contributed by atoms with Crippen LogP contribution in [0.25, 0.3) is 0 Å². The Morgan fingerprint density at radius 2 is 2.26 bits per heavy atom. The van der Waals surface area contributed by atoms with E-state index in [-0.39, 0.29) is 6.54 Å². The van der Waals surface area contributed by atoms with Gasteiger partial charge in [0.2, 0.25) is 0 Å². The zero-order valence-corrected chi connectivity index (χ0v) is 11.2. The van der Waals surface area contributed by atoms with E-state index < -0.39 is 5.97 Å². The molecule has 1 unspecified atom stereocenters. The molecule has 1 aliphatic carbocycles. The molecule has 0 radical (unpaired) electrons. The normalized spacial score (nSPS) is 18.1. The molecule has 0 saturated carbocycles. The standard InChI is InChI=1S/C16H21NO2/c1-2-10-17(12-16(18)19)11-14-8-5-7-13-6-3-4-9-15(13)14/h2-4,6,9,14H,1,5,7-8,10-12H2,(H,18,19). The van der Waals surface area contributed by atoms with Crippen LogP contribution in [0.15, 0.2) is 36.9 Å². The Hall–Kier alpha value is -1.61. The molecule has 1 aliphatic rings. The molecule has 102 valence electrons. The summed E-state index contributed by atoms with van der Waals surface area (Å²) >= 11 is 0. The van der Waals surface area contributed by atoms with Crippen molar-refractivity contribution in [3.05, 3.63) is 48.0 Å². The van der Waals surface area contributed by atoms with Crippen LogP contribution in [0.1, 0.15) is 29.9 Å². The van der Waals surface area contributed by atoms with Crippen molar-refractivity contribution in [3.63, 3.8) is 0 Å². The first-order valence-electron chi connectivity index (χ1n) is 6.83. The van der Waals surface area contributed by atoms with Crippen molar-refractivity contribution in [1.82, 2.24) is 4.90 Å². The molecule has 3 heteroatoms. The molecule has 0 aliphatic heterocycles. The van der Waals surface area contributed by atoms with Gasteiger partial charge in [-0.05, 0) is 36.3 Å². The van der Waals surface area contributed by atoms with Gasteiger partial charge in [0, 0.05) is 13.1 Å². The molecule has 0 bridgehead atoms. The maximum atomic E-state index is 10.9. The lowest BCUT2D eigenvalue weighted by molar-refractivity contribution is -0.138. The Bertz CT molecular complexity index is 456. The summed E-state index contributed by atoms with van der Waals surface area (Å²) < 4.78 is 0. The first-order valence-corrected chi connectivity index (χ1v) is 6.83. The maximum absolute atomic E-state index is 10.9. The maximum Gasteiger partial charge on any atom is 0.317 e. The highest BCUT2D eigenvalue weighted by Gasteiger charge is 2.22. The van der Waals surface area contributed by atoms with Gasteiger partial charge in [-0.2, -0.15) is 0 Å². The number of fused-ring (bicyclic) bond motifs is 1. The Morgan fingerprint density at radius 3 is 3.00 bits per heavy atom. The Labute approximate surface area is 114 Å². The zero-order valence-electron chi connectivity index (χ0n) is 11.2. The van der Waals surface area contributed by atoms with Gasteiger partial charge in [0.1, 0.15) is 0 Å². The van der Waals surface area contributed by atoms with E-state index in [0.29, 0.717) is 12.5 Å². The monoisotopic (exact) mass is 259 g/mol. The third-order valence-electron chi connectivity index (χ3n) is 3.72. The van der Waals surface area contributed by atoms with Gasteiger partial charge in [-0.3, -0.25) is 9.69 Å². The topological polar surface area (TPSA) is 40.5 Å². The SMILES string of the molecule is C=CCN(CC(=O)O)CC1CCCc2ccccc21. The van der Waals surface area contributed by atoms with E-state index in [1.165, 1.54) is 17.5 Å².